The maximum atomic E-state index is 12.9. The summed E-state index contributed by atoms with van der Waals surface area (Å²) in [6, 6.07) is 12.8. The number of benzene rings is 2. The maximum absolute atomic E-state index is 12.9. The predicted octanol–water partition coefficient (Wildman–Crippen LogP) is 3.51. The summed E-state index contributed by atoms with van der Waals surface area (Å²) in [5, 5.41) is 8.35. The van der Waals surface area contributed by atoms with Crippen molar-refractivity contribution in [2.45, 2.75) is 46.2 Å². The van der Waals surface area contributed by atoms with Crippen molar-refractivity contribution < 1.29 is 14.4 Å². The van der Waals surface area contributed by atoms with Gasteiger partial charge in [0.2, 0.25) is 5.91 Å². The molecule has 0 saturated carbocycles. The number of anilines is 1. The van der Waals surface area contributed by atoms with Crippen LogP contribution in [0.4, 0.5) is 10.5 Å². The third-order valence-electron chi connectivity index (χ3n) is 4.76. The van der Waals surface area contributed by atoms with Gasteiger partial charge >= 0.3 is 6.03 Å². The molecule has 0 heterocycles. The first-order valence-corrected chi connectivity index (χ1v) is 10.0. The minimum atomic E-state index is -0.643. The van der Waals surface area contributed by atoms with E-state index in [9.17, 15) is 14.4 Å². The van der Waals surface area contributed by atoms with Gasteiger partial charge < -0.3 is 21.7 Å². The van der Waals surface area contributed by atoms with Gasteiger partial charge in [-0.3, -0.25) is 9.59 Å². The number of hydrogen-bond acceptors (Lipinski definition) is 3. The van der Waals surface area contributed by atoms with Crippen molar-refractivity contribution in [2.75, 3.05) is 5.32 Å². The quantitative estimate of drug-likeness (QED) is 0.534. The number of urea groups is 1. The van der Waals surface area contributed by atoms with E-state index in [-0.39, 0.29) is 23.8 Å². The van der Waals surface area contributed by atoms with E-state index in [4.69, 9.17) is 5.73 Å². The minimum Gasteiger partial charge on any atom is -0.351 e. The van der Waals surface area contributed by atoms with Gasteiger partial charge in [-0.1, -0.05) is 44.2 Å². The smallest absolute Gasteiger partial charge is 0.316 e. The zero-order valence-corrected chi connectivity index (χ0v) is 17.9. The van der Waals surface area contributed by atoms with E-state index in [1.807, 2.05) is 39.8 Å². The van der Waals surface area contributed by atoms with Gasteiger partial charge in [0, 0.05) is 11.3 Å². The van der Waals surface area contributed by atoms with E-state index in [0.717, 1.165) is 11.1 Å². The van der Waals surface area contributed by atoms with Crippen LogP contribution < -0.4 is 21.7 Å². The molecule has 7 nitrogen and oxygen atoms in total. The fraction of sp³-hybridized carbons (Fsp3) is 0.348. The normalized spacial score (nSPS) is 12.7. The molecule has 7 heteroatoms. The molecule has 2 atom stereocenters. The highest BCUT2D eigenvalue weighted by Gasteiger charge is 2.24. The molecule has 5 N–H and O–H groups in total. The number of carbonyl (C=O) groups is 3. The SMILES string of the molecule is Cc1ccccc1C(=O)NC(CC(C)C)C(=O)NC(C)c1ccc(NC(N)=O)cc1. The molecule has 0 aromatic heterocycles. The summed E-state index contributed by atoms with van der Waals surface area (Å²) in [5.41, 5.74) is 7.97. The van der Waals surface area contributed by atoms with E-state index < -0.39 is 12.1 Å². The van der Waals surface area contributed by atoms with Gasteiger partial charge in [0.15, 0.2) is 0 Å². The lowest BCUT2D eigenvalue weighted by Crippen LogP contribution is -2.48. The van der Waals surface area contributed by atoms with Gasteiger partial charge in [-0.25, -0.2) is 4.79 Å². The summed E-state index contributed by atoms with van der Waals surface area (Å²) in [6.07, 6.45) is 0.525. The Morgan fingerprint density at radius 3 is 2.13 bits per heavy atom. The Balaban J connectivity index is 2.08. The minimum absolute atomic E-state index is 0.229. The molecule has 0 aliphatic heterocycles. The first kappa shape index (κ1) is 22.9. The van der Waals surface area contributed by atoms with Crippen LogP contribution in [0.3, 0.4) is 0 Å². The molecule has 2 aromatic carbocycles. The lowest BCUT2D eigenvalue weighted by molar-refractivity contribution is -0.124. The van der Waals surface area contributed by atoms with Crippen molar-refractivity contribution in [2.24, 2.45) is 11.7 Å². The Bertz CT molecular complexity index is 894. The number of amides is 4. The third-order valence-corrected chi connectivity index (χ3v) is 4.76. The second kappa shape index (κ2) is 10.4. The number of carbonyl (C=O) groups excluding carboxylic acids is 3. The fourth-order valence-electron chi connectivity index (χ4n) is 3.16. The Morgan fingerprint density at radius 1 is 0.933 bits per heavy atom. The Kier molecular flexibility index (Phi) is 7.98. The van der Waals surface area contributed by atoms with Crippen LogP contribution in [0.2, 0.25) is 0 Å². The molecule has 2 unspecified atom stereocenters. The average molecular weight is 411 g/mol. The highest BCUT2D eigenvalue weighted by molar-refractivity contribution is 5.98. The second-order valence-electron chi connectivity index (χ2n) is 7.81. The number of nitrogens with one attached hydrogen (secondary N) is 3. The summed E-state index contributed by atoms with van der Waals surface area (Å²) in [5.74, 6) is -0.270. The number of primary amides is 1. The summed E-state index contributed by atoms with van der Waals surface area (Å²) in [4.78, 5) is 36.6. The van der Waals surface area contributed by atoms with E-state index in [1.165, 1.54) is 0 Å². The van der Waals surface area contributed by atoms with Crippen LogP contribution in [0, 0.1) is 12.8 Å². The first-order valence-electron chi connectivity index (χ1n) is 10.0. The Morgan fingerprint density at radius 2 is 1.57 bits per heavy atom. The molecule has 0 radical (unpaired) electrons. The van der Waals surface area contributed by atoms with Crippen molar-refractivity contribution in [3.05, 3.63) is 65.2 Å². The topological polar surface area (TPSA) is 113 Å². The molecule has 0 aliphatic rings. The number of nitrogens with two attached hydrogens (primary N) is 1. The van der Waals surface area contributed by atoms with Crippen molar-refractivity contribution >= 4 is 23.5 Å². The largest absolute Gasteiger partial charge is 0.351 e. The molecule has 0 bridgehead atoms. The highest BCUT2D eigenvalue weighted by Crippen LogP contribution is 2.17. The number of hydrogen-bond donors (Lipinski definition) is 4. The zero-order valence-electron chi connectivity index (χ0n) is 17.9. The molecule has 0 aliphatic carbocycles. The highest BCUT2D eigenvalue weighted by atomic mass is 16.2. The summed E-state index contributed by atoms with van der Waals surface area (Å²) in [7, 11) is 0. The van der Waals surface area contributed by atoms with E-state index in [2.05, 4.69) is 16.0 Å². The standard InChI is InChI=1S/C23H30N4O3/c1-14(2)13-20(27-21(28)19-8-6-5-7-15(19)3)22(29)25-16(4)17-9-11-18(12-10-17)26-23(24)30/h5-12,14,16,20H,13H2,1-4H3,(H,25,29)(H,27,28)(H3,24,26,30). The average Bonchev–Trinajstić information content (AvgIpc) is 2.67. The van der Waals surface area contributed by atoms with Crippen molar-refractivity contribution in [1.29, 1.82) is 0 Å². The fourth-order valence-corrected chi connectivity index (χ4v) is 3.16. The van der Waals surface area contributed by atoms with Crippen molar-refractivity contribution in [1.82, 2.24) is 10.6 Å². The number of aryl methyl sites for hydroxylation is 1. The van der Waals surface area contributed by atoms with Crippen LogP contribution in [0.15, 0.2) is 48.5 Å². The summed E-state index contributed by atoms with van der Waals surface area (Å²) in [6.45, 7) is 7.75. The van der Waals surface area contributed by atoms with Gasteiger partial charge in [0.05, 0.1) is 6.04 Å². The molecule has 0 spiro atoms. The van der Waals surface area contributed by atoms with Crippen LogP contribution in [0.5, 0.6) is 0 Å². The molecule has 4 amide bonds. The molecule has 160 valence electrons. The number of rotatable bonds is 8. The first-order chi connectivity index (χ1) is 14.2. The lowest BCUT2D eigenvalue weighted by Gasteiger charge is -2.23. The van der Waals surface area contributed by atoms with E-state index >= 15 is 0 Å². The second-order valence-corrected chi connectivity index (χ2v) is 7.81. The van der Waals surface area contributed by atoms with E-state index in [1.54, 1.807) is 36.4 Å². The van der Waals surface area contributed by atoms with Gasteiger partial charge in [-0.15, -0.1) is 0 Å². The lowest BCUT2D eigenvalue weighted by atomic mass is 10.0. The maximum Gasteiger partial charge on any atom is 0.316 e. The Hall–Kier alpha value is -3.35. The Labute approximate surface area is 177 Å². The molecule has 2 aromatic rings. The molecule has 0 fully saturated rings. The summed E-state index contributed by atoms with van der Waals surface area (Å²) < 4.78 is 0. The van der Waals surface area contributed by atoms with Crippen molar-refractivity contribution in [3.8, 4) is 0 Å². The van der Waals surface area contributed by atoms with Crippen LogP contribution in [-0.2, 0) is 4.79 Å². The van der Waals surface area contributed by atoms with Gasteiger partial charge in [-0.2, -0.15) is 0 Å². The van der Waals surface area contributed by atoms with Crippen LogP contribution in [0.1, 0.15) is 54.7 Å². The molecular formula is C23H30N4O3. The van der Waals surface area contributed by atoms with Crippen LogP contribution >= 0.6 is 0 Å². The van der Waals surface area contributed by atoms with Crippen LogP contribution in [0.25, 0.3) is 0 Å². The summed E-state index contributed by atoms with van der Waals surface area (Å²) >= 11 is 0. The van der Waals surface area contributed by atoms with E-state index in [0.29, 0.717) is 17.7 Å². The molecule has 0 saturated heterocycles. The van der Waals surface area contributed by atoms with Gasteiger partial charge in [0.25, 0.3) is 5.91 Å². The van der Waals surface area contributed by atoms with Gasteiger partial charge in [-0.05, 0) is 55.5 Å². The third kappa shape index (κ3) is 6.62. The van der Waals surface area contributed by atoms with Crippen molar-refractivity contribution in [3.63, 3.8) is 0 Å². The molecule has 2 rings (SSSR count). The predicted molar refractivity (Wildman–Crippen MR) is 118 cm³/mol. The molecule has 30 heavy (non-hydrogen) atoms. The van der Waals surface area contributed by atoms with Gasteiger partial charge in [0.1, 0.15) is 6.04 Å². The zero-order chi connectivity index (χ0) is 22.3. The monoisotopic (exact) mass is 410 g/mol. The molecular weight excluding hydrogens is 380 g/mol. The van der Waals surface area contributed by atoms with Crippen LogP contribution in [-0.4, -0.2) is 23.9 Å².